The molecule has 54 heavy (non-hydrogen) atoms. The van der Waals surface area contributed by atoms with E-state index in [0.717, 1.165) is 56.9 Å². The van der Waals surface area contributed by atoms with Gasteiger partial charge in [-0.05, 0) is 143 Å². The molecule has 7 aromatic carbocycles. The van der Waals surface area contributed by atoms with Crippen molar-refractivity contribution in [3.05, 3.63) is 175 Å². The Labute approximate surface area is 316 Å². The molecule has 2 heteroatoms. The number of hydrogen-bond acceptors (Lipinski definition) is 2. The summed E-state index contributed by atoms with van der Waals surface area (Å²) >= 11 is 0. The van der Waals surface area contributed by atoms with E-state index in [0.29, 0.717) is 0 Å². The lowest BCUT2D eigenvalue weighted by molar-refractivity contribution is 0.0768. The van der Waals surface area contributed by atoms with Gasteiger partial charge in [0, 0.05) is 33.1 Å². The minimum atomic E-state index is 0.120. The molecule has 0 aliphatic heterocycles. The summed E-state index contributed by atoms with van der Waals surface area (Å²) in [6.45, 7) is 0. The maximum Gasteiger partial charge on any atom is 0.136 e. The first kappa shape index (κ1) is 30.6. The highest BCUT2D eigenvalue weighted by atomic mass is 16.3. The average Bonchev–Trinajstić information content (AvgIpc) is 3.82. The molecule has 1 spiro atoms. The number of benzene rings is 7. The zero-order valence-electron chi connectivity index (χ0n) is 30.3. The van der Waals surface area contributed by atoms with Crippen molar-refractivity contribution < 1.29 is 4.42 Å². The first-order chi connectivity index (χ1) is 26.7. The van der Waals surface area contributed by atoms with Crippen LogP contribution in [0.1, 0.15) is 43.2 Å². The molecule has 2 nitrogen and oxygen atoms in total. The largest absolute Gasteiger partial charge is 0.456 e. The molecule has 8 aromatic rings. The van der Waals surface area contributed by atoms with Crippen LogP contribution in [0, 0.1) is 23.7 Å². The lowest BCUT2D eigenvalue weighted by atomic mass is 9.51. The summed E-state index contributed by atoms with van der Waals surface area (Å²) in [5, 5.41) is 2.32. The number of nitrogens with zero attached hydrogens (tertiary/aromatic N) is 1. The van der Waals surface area contributed by atoms with Gasteiger partial charge in [0.2, 0.25) is 0 Å². The summed E-state index contributed by atoms with van der Waals surface area (Å²) in [5.74, 6) is 3.23. The summed E-state index contributed by atoms with van der Waals surface area (Å²) in [4.78, 5) is 2.53. The van der Waals surface area contributed by atoms with Crippen molar-refractivity contribution in [3.8, 4) is 33.4 Å². The summed E-state index contributed by atoms with van der Waals surface area (Å²) in [7, 11) is 0. The third kappa shape index (κ3) is 4.28. The molecule has 3 fully saturated rings. The lowest BCUT2D eigenvalue weighted by Crippen LogP contribution is -2.48. The summed E-state index contributed by atoms with van der Waals surface area (Å²) < 4.78 is 6.29. The smallest absolute Gasteiger partial charge is 0.136 e. The van der Waals surface area contributed by atoms with Crippen LogP contribution >= 0.6 is 0 Å². The molecule has 5 atom stereocenters. The molecule has 2 unspecified atom stereocenters. The molecule has 4 aliphatic rings. The van der Waals surface area contributed by atoms with Crippen LogP contribution in [0.3, 0.4) is 0 Å². The van der Waals surface area contributed by atoms with Gasteiger partial charge in [0.25, 0.3) is 0 Å². The van der Waals surface area contributed by atoms with Crippen molar-refractivity contribution in [2.24, 2.45) is 23.7 Å². The van der Waals surface area contributed by atoms with Crippen molar-refractivity contribution in [2.75, 3.05) is 4.90 Å². The van der Waals surface area contributed by atoms with Gasteiger partial charge < -0.3 is 9.32 Å². The van der Waals surface area contributed by atoms with Gasteiger partial charge in [-0.25, -0.2) is 0 Å². The molecule has 0 saturated heterocycles. The predicted octanol–water partition coefficient (Wildman–Crippen LogP) is 14.1. The second-order valence-electron chi connectivity index (χ2n) is 16.4. The van der Waals surface area contributed by atoms with E-state index in [1.165, 1.54) is 71.3 Å². The molecule has 1 heterocycles. The third-order valence-electron chi connectivity index (χ3n) is 13.9. The highest BCUT2D eigenvalue weighted by Gasteiger charge is 2.63. The Morgan fingerprint density at radius 1 is 0.500 bits per heavy atom. The van der Waals surface area contributed by atoms with Crippen LogP contribution in [0.2, 0.25) is 0 Å². The van der Waals surface area contributed by atoms with Crippen LogP contribution in [0.4, 0.5) is 17.1 Å². The fraction of sp³-hybridized carbons (Fsp3) is 0.192. The molecule has 1 aromatic heterocycles. The highest BCUT2D eigenvalue weighted by molar-refractivity contribution is 6.06. The van der Waals surface area contributed by atoms with E-state index < -0.39 is 0 Å². The molecular weight excluding hydrogens is 655 g/mol. The Balaban J connectivity index is 1.04. The fourth-order valence-corrected chi connectivity index (χ4v) is 12.0. The lowest BCUT2D eigenvalue weighted by Gasteiger charge is -2.52. The maximum absolute atomic E-state index is 6.29. The maximum atomic E-state index is 6.29. The molecule has 260 valence electrons. The van der Waals surface area contributed by atoms with Gasteiger partial charge in [0.15, 0.2) is 0 Å². The van der Waals surface area contributed by atoms with Gasteiger partial charge in [-0.1, -0.05) is 115 Å². The van der Waals surface area contributed by atoms with Gasteiger partial charge in [0.05, 0.1) is 5.69 Å². The Morgan fingerprint density at radius 2 is 1.22 bits per heavy atom. The molecule has 0 amide bonds. The van der Waals surface area contributed by atoms with Gasteiger partial charge in [-0.3, -0.25) is 0 Å². The van der Waals surface area contributed by atoms with E-state index in [1.807, 2.05) is 6.07 Å². The van der Waals surface area contributed by atoms with Crippen LogP contribution in [-0.4, -0.2) is 0 Å². The highest BCUT2D eigenvalue weighted by Crippen LogP contribution is 2.71. The van der Waals surface area contributed by atoms with Crippen LogP contribution in [-0.2, 0) is 5.41 Å². The predicted molar refractivity (Wildman–Crippen MR) is 223 cm³/mol. The molecular formula is C52H41NO. The van der Waals surface area contributed by atoms with E-state index in [9.17, 15) is 0 Å². The first-order valence-electron chi connectivity index (χ1n) is 19.9. The van der Waals surface area contributed by atoms with Crippen molar-refractivity contribution in [3.63, 3.8) is 0 Å². The van der Waals surface area contributed by atoms with Crippen LogP contribution in [0.5, 0.6) is 0 Å². The quantitative estimate of drug-likeness (QED) is 0.178. The van der Waals surface area contributed by atoms with E-state index in [1.54, 1.807) is 11.1 Å². The van der Waals surface area contributed by atoms with Gasteiger partial charge in [-0.15, -0.1) is 0 Å². The Bertz CT molecular complexity index is 2740. The molecule has 4 aliphatic carbocycles. The molecule has 3 bridgehead atoms. The molecule has 12 rings (SSSR count). The van der Waals surface area contributed by atoms with E-state index >= 15 is 0 Å². The summed E-state index contributed by atoms with van der Waals surface area (Å²) in [5.41, 5.74) is 16.4. The minimum Gasteiger partial charge on any atom is -0.456 e. The van der Waals surface area contributed by atoms with Gasteiger partial charge in [-0.2, -0.15) is 0 Å². The van der Waals surface area contributed by atoms with Gasteiger partial charge >= 0.3 is 0 Å². The fourth-order valence-electron chi connectivity index (χ4n) is 12.0. The Kier molecular flexibility index (Phi) is 6.55. The number of para-hydroxylation sites is 1. The van der Waals surface area contributed by atoms with Crippen LogP contribution in [0.25, 0.3) is 55.3 Å². The topological polar surface area (TPSA) is 16.4 Å². The average molecular weight is 696 g/mol. The van der Waals surface area contributed by atoms with Crippen LogP contribution in [0.15, 0.2) is 168 Å². The van der Waals surface area contributed by atoms with E-state index in [-0.39, 0.29) is 5.41 Å². The number of hydrogen-bond donors (Lipinski definition) is 0. The second kappa shape index (κ2) is 11.6. The van der Waals surface area contributed by atoms with Crippen molar-refractivity contribution in [1.82, 2.24) is 0 Å². The van der Waals surface area contributed by atoms with Gasteiger partial charge in [0.1, 0.15) is 11.2 Å². The molecule has 3 saturated carbocycles. The zero-order valence-corrected chi connectivity index (χ0v) is 30.3. The van der Waals surface area contributed by atoms with E-state index in [2.05, 4.69) is 163 Å². The normalized spacial score (nSPS) is 23.3. The summed E-state index contributed by atoms with van der Waals surface area (Å²) in [6.07, 6.45) is 6.99. The van der Waals surface area contributed by atoms with E-state index in [4.69, 9.17) is 4.42 Å². The zero-order chi connectivity index (χ0) is 35.4. The second-order valence-corrected chi connectivity index (χ2v) is 16.4. The first-order valence-corrected chi connectivity index (χ1v) is 19.9. The summed E-state index contributed by atoms with van der Waals surface area (Å²) in [6, 6.07) is 60.8. The number of fused-ring (bicyclic) bond motifs is 7. The number of rotatable bonds is 5. The Morgan fingerprint density at radius 3 is 2.15 bits per heavy atom. The van der Waals surface area contributed by atoms with Crippen molar-refractivity contribution in [1.29, 1.82) is 0 Å². The standard InChI is InChI=1S/C52H41NO/c1-2-10-34(11-3-1)36-12-8-13-41(31-36)53(40-25-21-35(22-26-40)37-23-27-43-42-14-5-7-19-49(42)54-50(43)32-37)48-18-9-17-46-51(48)44-15-4-6-16-45(44)52(46)39-24-20-38-28-33(29-39)30-47(38)52/h1-19,21-23,25-27,31-33,38-39,47H,20,24,28-30H2/t33-,38?,39-,47+,52?/m0/s1. The molecule has 0 radical (unpaired) electrons. The third-order valence-corrected chi connectivity index (χ3v) is 13.9. The number of anilines is 3. The minimum absolute atomic E-state index is 0.120. The van der Waals surface area contributed by atoms with Crippen molar-refractivity contribution in [2.45, 2.75) is 37.5 Å². The van der Waals surface area contributed by atoms with Crippen molar-refractivity contribution >= 4 is 39.0 Å². The number of furan rings is 1. The SMILES string of the molecule is c1ccc(-c2cccc(N(c3ccc(-c4ccc5c(c4)oc4ccccc45)cc3)c3cccc4c3-c3ccccc3C43[C@H]4CCC5C[C@@H](C4)C[C@H]53)c2)cc1. The monoisotopic (exact) mass is 695 g/mol. The Hall–Kier alpha value is -5.86. The van der Waals surface area contributed by atoms with Crippen LogP contribution < -0.4 is 4.90 Å². The molecule has 0 N–H and O–H groups in total.